The number of epoxide rings is 1. The van der Waals surface area contributed by atoms with E-state index in [2.05, 4.69) is 39.8 Å². The number of hydrogen-bond donors (Lipinski definition) is 0. The maximum absolute atomic E-state index is 5.56. The van der Waals surface area contributed by atoms with Crippen molar-refractivity contribution in [3.63, 3.8) is 0 Å². The number of nitrogens with zero attached hydrogens (tertiary/aromatic N) is 1. The van der Waals surface area contributed by atoms with Gasteiger partial charge in [0.15, 0.2) is 0 Å². The summed E-state index contributed by atoms with van der Waals surface area (Å²) in [5, 5.41) is 0. The van der Waals surface area contributed by atoms with Gasteiger partial charge in [0.2, 0.25) is 0 Å². The topological polar surface area (TPSA) is 15.8 Å². The fourth-order valence-corrected chi connectivity index (χ4v) is 1.27. The second-order valence-corrected chi connectivity index (χ2v) is 4.25. The lowest BCUT2D eigenvalue weighted by molar-refractivity contribution is 0.215. The molecule has 0 N–H and O–H groups in total. The first kappa shape index (κ1) is 9.01. The maximum Gasteiger partial charge on any atom is 0.137 e. The van der Waals surface area contributed by atoms with E-state index in [1.54, 1.807) is 0 Å². The van der Waals surface area contributed by atoms with Crippen LogP contribution in [0.3, 0.4) is 0 Å². The average Bonchev–Trinajstić information content (AvgIpc) is 2.65. The van der Waals surface area contributed by atoms with Crippen molar-refractivity contribution in [2.45, 2.75) is 39.5 Å². The molecule has 0 aromatic carbocycles. The molecule has 0 radical (unpaired) electrons. The third-order valence-electron chi connectivity index (χ3n) is 2.66. The summed E-state index contributed by atoms with van der Waals surface area (Å²) in [6.07, 6.45) is 1.99. The Bertz CT molecular complexity index is 142. The van der Waals surface area contributed by atoms with E-state index < -0.39 is 0 Å². The summed E-state index contributed by atoms with van der Waals surface area (Å²) in [7, 11) is 4.13. The van der Waals surface area contributed by atoms with E-state index in [0.717, 1.165) is 0 Å². The van der Waals surface area contributed by atoms with Crippen molar-refractivity contribution < 1.29 is 4.74 Å². The van der Waals surface area contributed by atoms with Crippen LogP contribution in [0.5, 0.6) is 0 Å². The van der Waals surface area contributed by atoms with Crippen molar-refractivity contribution in [1.82, 2.24) is 4.90 Å². The van der Waals surface area contributed by atoms with Gasteiger partial charge in [-0.3, -0.25) is 4.90 Å². The van der Waals surface area contributed by atoms with Crippen molar-refractivity contribution >= 4 is 0 Å². The molecule has 11 heavy (non-hydrogen) atoms. The number of likely N-dealkylation sites (N-methyl/N-ethyl adjacent to an activating group) is 1. The molecule has 1 rings (SSSR count). The molecule has 0 spiro atoms. The minimum Gasteiger partial charge on any atom is -0.352 e. The normalized spacial score (nSPS) is 31.1. The highest BCUT2D eigenvalue weighted by atomic mass is 16.6. The molecule has 1 saturated heterocycles. The Morgan fingerprint density at radius 3 is 2.18 bits per heavy atom. The molecule has 1 fully saturated rings. The van der Waals surface area contributed by atoms with Crippen molar-refractivity contribution in [3.8, 4) is 0 Å². The summed E-state index contributed by atoms with van der Waals surface area (Å²) in [5.74, 6) is 0. The summed E-state index contributed by atoms with van der Waals surface area (Å²) in [6, 6.07) is 0. The molecule has 1 aliphatic rings. The third-order valence-corrected chi connectivity index (χ3v) is 2.66. The van der Waals surface area contributed by atoms with Gasteiger partial charge in [0, 0.05) is 0 Å². The van der Waals surface area contributed by atoms with Crippen LogP contribution in [0.15, 0.2) is 0 Å². The lowest BCUT2D eigenvalue weighted by Crippen LogP contribution is -2.26. The summed E-state index contributed by atoms with van der Waals surface area (Å²) in [6.45, 7) is 6.75. The van der Waals surface area contributed by atoms with Crippen LogP contribution in [0.2, 0.25) is 0 Å². The fraction of sp³-hybridized carbons (Fsp3) is 1.00. The minimum absolute atomic E-state index is 0.342. The van der Waals surface area contributed by atoms with Crippen LogP contribution in [0.1, 0.15) is 27.2 Å². The lowest BCUT2D eigenvalue weighted by atomic mass is 9.86. The summed E-state index contributed by atoms with van der Waals surface area (Å²) in [5.41, 5.74) is 0.342. The molecule has 0 aromatic rings. The Morgan fingerprint density at radius 1 is 1.36 bits per heavy atom. The Morgan fingerprint density at radius 2 is 1.91 bits per heavy atom. The van der Waals surface area contributed by atoms with E-state index in [1.165, 1.54) is 6.42 Å². The van der Waals surface area contributed by atoms with Gasteiger partial charge in [-0.05, 0) is 25.9 Å². The van der Waals surface area contributed by atoms with Gasteiger partial charge in [0.25, 0.3) is 0 Å². The highest BCUT2D eigenvalue weighted by molar-refractivity contribution is 4.93. The molecule has 0 bridgehead atoms. The van der Waals surface area contributed by atoms with Crippen molar-refractivity contribution in [1.29, 1.82) is 0 Å². The zero-order valence-corrected chi connectivity index (χ0v) is 8.22. The van der Waals surface area contributed by atoms with Crippen molar-refractivity contribution in [3.05, 3.63) is 0 Å². The Kier molecular flexibility index (Phi) is 2.26. The van der Waals surface area contributed by atoms with E-state index in [0.29, 0.717) is 17.7 Å². The molecule has 66 valence electrons. The first-order chi connectivity index (χ1) is 4.99. The molecule has 0 saturated carbocycles. The van der Waals surface area contributed by atoms with Gasteiger partial charge in [-0.15, -0.1) is 0 Å². The largest absolute Gasteiger partial charge is 0.352 e. The van der Waals surface area contributed by atoms with E-state index >= 15 is 0 Å². The molecular weight excluding hydrogens is 138 g/mol. The van der Waals surface area contributed by atoms with E-state index in [4.69, 9.17) is 4.74 Å². The molecule has 0 aliphatic carbocycles. The molecule has 0 amide bonds. The van der Waals surface area contributed by atoms with Gasteiger partial charge in [0.05, 0.1) is 0 Å². The molecule has 1 aliphatic heterocycles. The van der Waals surface area contributed by atoms with Gasteiger partial charge in [-0.1, -0.05) is 20.8 Å². The van der Waals surface area contributed by atoms with Crippen LogP contribution < -0.4 is 0 Å². The molecule has 2 nitrogen and oxygen atoms in total. The van der Waals surface area contributed by atoms with Crippen LogP contribution in [-0.4, -0.2) is 31.3 Å². The third kappa shape index (κ3) is 1.74. The van der Waals surface area contributed by atoms with Gasteiger partial charge < -0.3 is 4.74 Å². The number of rotatable bonds is 3. The molecule has 2 heteroatoms. The molecular formula is C9H19NO. The van der Waals surface area contributed by atoms with Crippen LogP contribution in [-0.2, 0) is 4.74 Å². The summed E-state index contributed by atoms with van der Waals surface area (Å²) >= 11 is 0. The molecule has 2 unspecified atom stereocenters. The van der Waals surface area contributed by atoms with Crippen LogP contribution in [0, 0.1) is 5.41 Å². The fourth-order valence-electron chi connectivity index (χ4n) is 1.27. The maximum atomic E-state index is 5.56. The highest BCUT2D eigenvalue weighted by Crippen LogP contribution is 2.41. The van der Waals surface area contributed by atoms with Crippen LogP contribution in [0.4, 0.5) is 0 Å². The van der Waals surface area contributed by atoms with E-state index in [-0.39, 0.29) is 0 Å². The molecule has 2 atom stereocenters. The predicted molar refractivity (Wildman–Crippen MR) is 46.4 cm³/mol. The zero-order valence-electron chi connectivity index (χ0n) is 8.22. The van der Waals surface area contributed by atoms with E-state index in [1.807, 2.05) is 0 Å². The van der Waals surface area contributed by atoms with Crippen molar-refractivity contribution in [2.75, 3.05) is 14.1 Å². The quantitative estimate of drug-likeness (QED) is 0.580. The van der Waals surface area contributed by atoms with Gasteiger partial charge >= 0.3 is 0 Å². The van der Waals surface area contributed by atoms with Crippen molar-refractivity contribution in [2.24, 2.45) is 5.41 Å². The Balaban J connectivity index is 2.43. The predicted octanol–water partition coefficient (Wildman–Crippen LogP) is 1.71. The highest BCUT2D eigenvalue weighted by Gasteiger charge is 2.49. The number of ether oxygens (including phenoxy) is 1. The zero-order chi connectivity index (χ0) is 8.65. The number of hydrogen-bond acceptors (Lipinski definition) is 2. The van der Waals surface area contributed by atoms with Gasteiger partial charge in [-0.2, -0.15) is 0 Å². The second kappa shape index (κ2) is 2.76. The Labute approximate surface area is 69.5 Å². The SMILES string of the molecule is CCC(C)(C)C1OC1N(C)C. The standard InChI is InChI=1S/C9H19NO/c1-6-9(2,3)7-8(11-7)10(4)5/h7-8H,6H2,1-5H3. The first-order valence-electron chi connectivity index (χ1n) is 4.31. The minimum atomic E-state index is 0.342. The summed E-state index contributed by atoms with van der Waals surface area (Å²) < 4.78 is 5.56. The molecule has 0 aromatic heterocycles. The van der Waals surface area contributed by atoms with Gasteiger partial charge in [-0.25, -0.2) is 0 Å². The van der Waals surface area contributed by atoms with Crippen LogP contribution >= 0.6 is 0 Å². The smallest absolute Gasteiger partial charge is 0.137 e. The first-order valence-corrected chi connectivity index (χ1v) is 4.31. The second-order valence-electron chi connectivity index (χ2n) is 4.25. The lowest BCUT2D eigenvalue weighted by Gasteiger charge is -2.20. The van der Waals surface area contributed by atoms with Gasteiger partial charge in [0.1, 0.15) is 12.3 Å². The van der Waals surface area contributed by atoms with E-state index in [9.17, 15) is 0 Å². The van der Waals surface area contributed by atoms with Crippen LogP contribution in [0.25, 0.3) is 0 Å². The Hall–Kier alpha value is -0.0800. The monoisotopic (exact) mass is 157 g/mol. The molecule has 1 heterocycles. The average molecular weight is 157 g/mol. The summed E-state index contributed by atoms with van der Waals surface area (Å²) in [4.78, 5) is 2.14.